The van der Waals surface area contributed by atoms with Gasteiger partial charge in [0.15, 0.2) is 12.3 Å². The number of benzene rings is 1. The van der Waals surface area contributed by atoms with Gasteiger partial charge in [0.1, 0.15) is 6.54 Å². The largest absolute Gasteiger partial charge is 0.463 e. The number of hydrogen-bond acceptors (Lipinski definition) is 2. The van der Waals surface area contributed by atoms with E-state index in [1.165, 1.54) is 0 Å². The van der Waals surface area contributed by atoms with Crippen LogP contribution in [0.15, 0.2) is 47.1 Å². The fraction of sp³-hybridized carbons (Fsp3) is 0.267. The Bertz CT molecular complexity index is 555. The van der Waals surface area contributed by atoms with Crippen LogP contribution in [-0.2, 0) is 17.9 Å². The maximum atomic E-state index is 11.9. The van der Waals surface area contributed by atoms with Crippen LogP contribution in [0.2, 0.25) is 5.02 Å². The van der Waals surface area contributed by atoms with Crippen molar-refractivity contribution in [2.75, 3.05) is 13.6 Å². The van der Waals surface area contributed by atoms with E-state index >= 15 is 0 Å². The van der Waals surface area contributed by atoms with Crippen molar-refractivity contribution < 1.29 is 14.1 Å². The van der Waals surface area contributed by atoms with Crippen molar-refractivity contribution in [3.63, 3.8) is 0 Å². The Labute approximate surface area is 123 Å². The lowest BCUT2D eigenvalue weighted by Crippen LogP contribution is -3.08. The van der Waals surface area contributed by atoms with Crippen molar-refractivity contribution >= 4 is 17.5 Å². The minimum atomic E-state index is -0.00558. The van der Waals surface area contributed by atoms with Crippen molar-refractivity contribution in [2.24, 2.45) is 0 Å². The first-order valence-corrected chi connectivity index (χ1v) is 6.86. The number of quaternary nitrogens is 1. The van der Waals surface area contributed by atoms with Crippen LogP contribution in [0.5, 0.6) is 0 Å². The van der Waals surface area contributed by atoms with Gasteiger partial charge < -0.3 is 14.6 Å². The molecule has 2 aromatic rings. The van der Waals surface area contributed by atoms with Crippen molar-refractivity contribution in [3.8, 4) is 0 Å². The molecule has 2 rings (SSSR count). The molecule has 4 nitrogen and oxygen atoms in total. The average Bonchev–Trinajstić information content (AvgIpc) is 2.90. The van der Waals surface area contributed by atoms with Crippen LogP contribution in [0.25, 0.3) is 0 Å². The molecule has 2 N–H and O–H groups in total. The van der Waals surface area contributed by atoms with Gasteiger partial charge in [-0.05, 0) is 23.8 Å². The SMILES string of the molecule is C[NH+](CC(=O)NCc1ccccc1Cl)Cc1ccco1. The number of carbonyl (C=O) groups excluding carboxylic acids is 1. The highest BCUT2D eigenvalue weighted by Crippen LogP contribution is 2.13. The standard InChI is InChI=1S/C15H17ClN2O2/c1-18(10-13-6-4-8-20-13)11-15(19)17-9-12-5-2-3-7-14(12)16/h2-8H,9-11H2,1H3,(H,17,19)/p+1. The van der Waals surface area contributed by atoms with E-state index in [-0.39, 0.29) is 5.91 Å². The van der Waals surface area contributed by atoms with E-state index in [1.807, 2.05) is 43.4 Å². The van der Waals surface area contributed by atoms with Gasteiger partial charge in [0.25, 0.3) is 5.91 Å². The molecule has 1 aromatic carbocycles. The van der Waals surface area contributed by atoms with E-state index in [9.17, 15) is 4.79 Å². The molecule has 0 saturated carbocycles. The third kappa shape index (κ3) is 4.40. The Morgan fingerprint density at radius 1 is 1.30 bits per heavy atom. The average molecular weight is 294 g/mol. The Morgan fingerprint density at radius 3 is 2.80 bits per heavy atom. The van der Waals surface area contributed by atoms with Gasteiger partial charge in [-0.3, -0.25) is 4.79 Å². The van der Waals surface area contributed by atoms with Gasteiger partial charge in [0.2, 0.25) is 0 Å². The van der Waals surface area contributed by atoms with E-state index in [0.717, 1.165) is 16.2 Å². The molecule has 0 fully saturated rings. The summed E-state index contributed by atoms with van der Waals surface area (Å²) in [5.41, 5.74) is 0.922. The second kappa shape index (κ2) is 7.12. The topological polar surface area (TPSA) is 46.7 Å². The van der Waals surface area contributed by atoms with Crippen molar-refractivity contribution in [2.45, 2.75) is 13.1 Å². The minimum absolute atomic E-state index is 0.00558. The lowest BCUT2D eigenvalue weighted by atomic mass is 10.2. The molecule has 5 heteroatoms. The molecule has 0 aliphatic heterocycles. The van der Waals surface area contributed by atoms with Gasteiger partial charge in [-0.1, -0.05) is 29.8 Å². The summed E-state index contributed by atoms with van der Waals surface area (Å²) >= 11 is 6.04. The van der Waals surface area contributed by atoms with E-state index in [2.05, 4.69) is 5.32 Å². The van der Waals surface area contributed by atoms with Crippen LogP contribution in [0.4, 0.5) is 0 Å². The van der Waals surface area contributed by atoms with E-state index in [4.69, 9.17) is 16.0 Å². The molecule has 1 atom stereocenters. The smallest absolute Gasteiger partial charge is 0.275 e. The molecule has 0 aliphatic rings. The van der Waals surface area contributed by atoms with Crippen LogP contribution < -0.4 is 10.2 Å². The highest BCUT2D eigenvalue weighted by molar-refractivity contribution is 6.31. The first-order chi connectivity index (χ1) is 9.65. The van der Waals surface area contributed by atoms with Gasteiger partial charge in [0.05, 0.1) is 13.3 Å². The zero-order valence-electron chi connectivity index (χ0n) is 11.4. The normalized spacial score (nSPS) is 12.1. The molecular weight excluding hydrogens is 276 g/mol. The lowest BCUT2D eigenvalue weighted by molar-refractivity contribution is -0.886. The predicted octanol–water partition coefficient (Wildman–Crippen LogP) is 1.26. The highest BCUT2D eigenvalue weighted by Gasteiger charge is 2.11. The summed E-state index contributed by atoms with van der Waals surface area (Å²) < 4.78 is 5.26. The summed E-state index contributed by atoms with van der Waals surface area (Å²) in [6, 6.07) is 11.3. The summed E-state index contributed by atoms with van der Waals surface area (Å²) in [4.78, 5) is 12.9. The number of nitrogens with one attached hydrogen (secondary N) is 2. The van der Waals surface area contributed by atoms with E-state index in [1.54, 1.807) is 6.26 Å². The Morgan fingerprint density at radius 2 is 2.10 bits per heavy atom. The number of hydrogen-bond donors (Lipinski definition) is 2. The van der Waals surface area contributed by atoms with Crippen molar-refractivity contribution in [1.29, 1.82) is 0 Å². The van der Waals surface area contributed by atoms with Crippen LogP contribution in [-0.4, -0.2) is 19.5 Å². The first kappa shape index (κ1) is 14.6. The number of carbonyl (C=O) groups is 1. The quantitative estimate of drug-likeness (QED) is 0.842. The number of furan rings is 1. The summed E-state index contributed by atoms with van der Waals surface area (Å²) in [6.45, 7) is 1.53. The molecule has 1 unspecified atom stereocenters. The van der Waals surface area contributed by atoms with Crippen LogP contribution in [0, 0.1) is 0 Å². The third-order valence-corrected chi connectivity index (χ3v) is 3.32. The van der Waals surface area contributed by atoms with E-state index < -0.39 is 0 Å². The molecule has 1 amide bonds. The van der Waals surface area contributed by atoms with Crippen LogP contribution in [0.3, 0.4) is 0 Å². The number of rotatable bonds is 6. The Hall–Kier alpha value is -1.78. The molecule has 0 radical (unpaired) electrons. The molecule has 0 spiro atoms. The monoisotopic (exact) mass is 293 g/mol. The summed E-state index contributed by atoms with van der Waals surface area (Å²) in [5.74, 6) is 0.871. The second-order valence-corrected chi connectivity index (χ2v) is 5.17. The third-order valence-electron chi connectivity index (χ3n) is 2.95. The van der Waals surface area contributed by atoms with Gasteiger partial charge in [-0.2, -0.15) is 0 Å². The minimum Gasteiger partial charge on any atom is -0.463 e. The molecule has 20 heavy (non-hydrogen) atoms. The van der Waals surface area contributed by atoms with Crippen LogP contribution in [0.1, 0.15) is 11.3 Å². The van der Waals surface area contributed by atoms with Gasteiger partial charge in [-0.15, -0.1) is 0 Å². The van der Waals surface area contributed by atoms with E-state index in [0.29, 0.717) is 24.7 Å². The Kier molecular flexibility index (Phi) is 5.21. The highest BCUT2D eigenvalue weighted by atomic mass is 35.5. The molecule has 1 aromatic heterocycles. The molecule has 106 valence electrons. The van der Waals surface area contributed by atoms with Crippen LogP contribution >= 0.6 is 11.6 Å². The summed E-state index contributed by atoms with van der Waals surface area (Å²) in [6.07, 6.45) is 1.64. The van der Waals surface area contributed by atoms with Gasteiger partial charge >= 0.3 is 0 Å². The summed E-state index contributed by atoms with van der Waals surface area (Å²) in [7, 11) is 1.96. The molecule has 1 heterocycles. The zero-order chi connectivity index (χ0) is 14.4. The van der Waals surface area contributed by atoms with Crippen molar-refractivity contribution in [3.05, 3.63) is 59.0 Å². The zero-order valence-corrected chi connectivity index (χ0v) is 12.1. The number of likely N-dealkylation sites (N-methyl/N-ethyl adjacent to an activating group) is 1. The lowest BCUT2D eigenvalue weighted by Gasteiger charge is -2.12. The molecule has 0 saturated heterocycles. The Balaban J connectivity index is 1.76. The maximum absolute atomic E-state index is 11.9. The maximum Gasteiger partial charge on any atom is 0.275 e. The number of amides is 1. The van der Waals surface area contributed by atoms with Crippen molar-refractivity contribution in [1.82, 2.24) is 5.32 Å². The molecular formula is C15H18ClN2O2+. The first-order valence-electron chi connectivity index (χ1n) is 6.49. The summed E-state index contributed by atoms with van der Waals surface area (Å²) in [5, 5.41) is 3.55. The van der Waals surface area contributed by atoms with Gasteiger partial charge in [-0.25, -0.2) is 0 Å². The number of halogens is 1. The second-order valence-electron chi connectivity index (χ2n) is 4.76. The fourth-order valence-corrected chi connectivity index (χ4v) is 2.15. The molecule has 0 bridgehead atoms. The fourth-order valence-electron chi connectivity index (χ4n) is 1.95. The molecule has 0 aliphatic carbocycles. The van der Waals surface area contributed by atoms with Gasteiger partial charge in [0, 0.05) is 11.6 Å². The predicted molar refractivity (Wildman–Crippen MR) is 77.5 cm³/mol.